The third-order valence-corrected chi connectivity index (χ3v) is 18.5. The molecule has 2 aromatic heterocycles. The number of hydrogen-bond acceptors (Lipinski definition) is 4. The van der Waals surface area contributed by atoms with Crippen LogP contribution in [0.3, 0.4) is 0 Å². The molecule has 3 aliphatic carbocycles. The average molecular weight is 1010 g/mol. The number of furan rings is 2. The van der Waals surface area contributed by atoms with Gasteiger partial charge in [-0.1, -0.05) is 166 Å². The molecule has 0 saturated heterocycles. The Morgan fingerprint density at radius 2 is 0.897 bits per heavy atom. The van der Waals surface area contributed by atoms with Crippen LogP contribution >= 0.6 is 0 Å². The molecular weight excluding hydrogens is 949 g/mol. The third-order valence-electron chi connectivity index (χ3n) is 18.5. The highest BCUT2D eigenvalue weighted by molar-refractivity contribution is 6.29. The van der Waals surface area contributed by atoms with Gasteiger partial charge in [0.05, 0.1) is 22.7 Å². The van der Waals surface area contributed by atoms with Crippen molar-refractivity contribution >= 4 is 127 Å². The van der Waals surface area contributed by atoms with Crippen LogP contribution < -0.4 is 9.80 Å². The Hall–Kier alpha value is -8.34. The zero-order valence-corrected chi connectivity index (χ0v) is 44.7. The Labute approximate surface area is 455 Å². The fraction of sp³-hybridized carbons (Fsp3) is 0.216. The van der Waals surface area contributed by atoms with E-state index >= 15 is 0 Å². The minimum Gasteiger partial charge on any atom is -0.454 e. The molecule has 0 atom stereocenters. The zero-order valence-electron chi connectivity index (χ0n) is 44.7. The lowest BCUT2D eigenvalue weighted by molar-refractivity contribution is 0.442. The van der Waals surface area contributed by atoms with Crippen molar-refractivity contribution in [2.45, 2.75) is 103 Å². The fourth-order valence-corrected chi connectivity index (χ4v) is 14.9. The molecule has 2 saturated carbocycles. The minimum atomic E-state index is 0.487. The average Bonchev–Trinajstić information content (AvgIpc) is 4.26. The lowest BCUT2D eigenvalue weighted by atomic mass is 9.80. The molecule has 0 unspecified atom stereocenters. The van der Waals surface area contributed by atoms with Gasteiger partial charge in [0.15, 0.2) is 11.2 Å². The quantitative estimate of drug-likeness (QED) is 0.142. The summed E-state index contributed by atoms with van der Waals surface area (Å²) in [5.74, 6) is 1.00. The van der Waals surface area contributed by atoms with Crippen LogP contribution in [-0.2, 0) is 6.42 Å². The number of rotatable bonds is 8. The Balaban J connectivity index is 0.930. The molecule has 2 heterocycles. The van der Waals surface area contributed by atoms with Gasteiger partial charge in [0.1, 0.15) is 11.2 Å². The highest BCUT2D eigenvalue weighted by Gasteiger charge is 2.30. The van der Waals surface area contributed by atoms with E-state index in [1.165, 1.54) is 157 Å². The molecule has 0 radical (unpaired) electrons. The monoisotopic (exact) mass is 1010 g/mol. The van der Waals surface area contributed by atoms with Gasteiger partial charge in [0.25, 0.3) is 0 Å². The van der Waals surface area contributed by atoms with Crippen molar-refractivity contribution in [3.63, 3.8) is 0 Å². The molecule has 11 aromatic carbocycles. The topological polar surface area (TPSA) is 32.8 Å². The summed E-state index contributed by atoms with van der Waals surface area (Å²) < 4.78 is 14.9. The van der Waals surface area contributed by atoms with Crippen LogP contribution in [0.2, 0.25) is 0 Å². The first-order valence-corrected chi connectivity index (χ1v) is 29.0. The lowest BCUT2D eigenvalue weighted by Gasteiger charge is -2.29. The van der Waals surface area contributed by atoms with Gasteiger partial charge in [-0.3, -0.25) is 0 Å². The van der Waals surface area contributed by atoms with E-state index in [2.05, 4.69) is 206 Å². The molecule has 0 bridgehead atoms. The van der Waals surface area contributed by atoms with Crippen molar-refractivity contribution in [1.29, 1.82) is 0 Å². The largest absolute Gasteiger partial charge is 0.454 e. The van der Waals surface area contributed by atoms with Gasteiger partial charge in [0, 0.05) is 43.7 Å². The van der Waals surface area contributed by atoms with E-state index in [1.54, 1.807) is 0 Å². The summed E-state index contributed by atoms with van der Waals surface area (Å²) in [5, 5.41) is 14.7. The normalized spacial score (nSPS) is 15.6. The molecule has 3 aliphatic rings. The molecule has 13 aromatic rings. The maximum Gasteiger partial charge on any atom is 0.159 e. The maximum absolute atomic E-state index is 7.47. The van der Waals surface area contributed by atoms with Crippen LogP contribution in [0.4, 0.5) is 34.1 Å². The van der Waals surface area contributed by atoms with Crippen LogP contribution in [0.1, 0.15) is 116 Å². The molecule has 0 aliphatic heterocycles. The van der Waals surface area contributed by atoms with Crippen LogP contribution in [-0.4, -0.2) is 0 Å². The van der Waals surface area contributed by atoms with Crippen molar-refractivity contribution in [1.82, 2.24) is 0 Å². The second-order valence-corrected chi connectivity index (χ2v) is 23.2. The van der Waals surface area contributed by atoms with Gasteiger partial charge in [0.2, 0.25) is 0 Å². The Morgan fingerprint density at radius 3 is 1.49 bits per heavy atom. The second-order valence-electron chi connectivity index (χ2n) is 23.2. The lowest BCUT2D eigenvalue weighted by Crippen LogP contribution is -2.12. The third kappa shape index (κ3) is 7.11. The van der Waals surface area contributed by atoms with Crippen LogP contribution in [0.15, 0.2) is 185 Å². The first-order chi connectivity index (χ1) is 38.5. The van der Waals surface area contributed by atoms with Gasteiger partial charge in [-0.25, -0.2) is 0 Å². The molecule has 0 amide bonds. The van der Waals surface area contributed by atoms with Crippen LogP contribution in [0.5, 0.6) is 0 Å². The second kappa shape index (κ2) is 18.1. The smallest absolute Gasteiger partial charge is 0.159 e. The van der Waals surface area contributed by atoms with E-state index < -0.39 is 0 Å². The van der Waals surface area contributed by atoms with Gasteiger partial charge >= 0.3 is 0 Å². The van der Waals surface area contributed by atoms with Gasteiger partial charge < -0.3 is 18.6 Å². The number of benzene rings is 11. The summed E-state index contributed by atoms with van der Waals surface area (Å²) >= 11 is 0. The van der Waals surface area contributed by atoms with E-state index in [0.29, 0.717) is 11.8 Å². The number of para-hydroxylation sites is 2. The fourth-order valence-electron chi connectivity index (χ4n) is 14.9. The summed E-state index contributed by atoms with van der Waals surface area (Å²) in [5.41, 5.74) is 18.5. The first-order valence-electron chi connectivity index (χ1n) is 29.0. The number of aryl methyl sites for hydroxylation is 3. The predicted molar refractivity (Wildman–Crippen MR) is 330 cm³/mol. The number of anilines is 6. The van der Waals surface area contributed by atoms with E-state index in [9.17, 15) is 0 Å². The van der Waals surface area contributed by atoms with E-state index in [-0.39, 0.29) is 0 Å². The van der Waals surface area contributed by atoms with Crippen molar-refractivity contribution in [2.24, 2.45) is 0 Å². The van der Waals surface area contributed by atoms with E-state index in [0.717, 1.165) is 74.7 Å². The highest BCUT2D eigenvalue weighted by atomic mass is 16.3. The Morgan fingerprint density at radius 1 is 0.385 bits per heavy atom. The molecule has 78 heavy (non-hydrogen) atoms. The number of nitrogens with zero attached hydrogens (tertiary/aromatic N) is 2. The summed E-state index contributed by atoms with van der Waals surface area (Å²) in [7, 11) is 0. The van der Waals surface area contributed by atoms with Gasteiger partial charge in [-0.2, -0.15) is 0 Å². The number of hydrogen-bond donors (Lipinski definition) is 0. The van der Waals surface area contributed by atoms with E-state index in [4.69, 9.17) is 8.83 Å². The molecule has 4 nitrogen and oxygen atoms in total. The highest BCUT2D eigenvalue weighted by Crippen LogP contribution is 2.53. The van der Waals surface area contributed by atoms with Crippen molar-refractivity contribution in [3.05, 3.63) is 209 Å². The standard InChI is InChI=1S/C74H62N2O2/c1-45-17-13-25-53(41-45)75(65-31-15-29-59-69-55-27-11-9-23-51(55)43-61(73(69)77-71(59)65)47-19-5-3-6-20-47)63-39-35-49-34-38-58-64(40-36-50-33-37-57(63)67(49)68(50)58)76(54-26-14-18-46(2)42-54)66-32-16-30-60-70-56-28-12-10-24-52(56)44-62(74(70)78-72(60)66)48-21-7-4-8-22-48/h9,11-18,23,25-44,47-48H,3-8,10,19-22,24H2,1-2H3. The molecule has 380 valence electrons. The summed E-state index contributed by atoms with van der Waals surface area (Å²) in [4.78, 5) is 4.96. The number of fused-ring (bicyclic) bond motifs is 10. The van der Waals surface area contributed by atoms with Gasteiger partial charge in [-0.05, 0) is 185 Å². The van der Waals surface area contributed by atoms with Crippen molar-refractivity contribution in [3.8, 4) is 0 Å². The van der Waals surface area contributed by atoms with Gasteiger partial charge in [-0.15, -0.1) is 0 Å². The Bertz CT molecular complexity index is 4580. The van der Waals surface area contributed by atoms with Crippen molar-refractivity contribution in [2.75, 3.05) is 9.80 Å². The molecule has 0 spiro atoms. The van der Waals surface area contributed by atoms with Crippen LogP contribution in [0, 0.1) is 13.8 Å². The van der Waals surface area contributed by atoms with Crippen LogP contribution in [0.25, 0.3) is 93.0 Å². The van der Waals surface area contributed by atoms with Crippen molar-refractivity contribution < 1.29 is 8.83 Å². The SMILES string of the molecule is Cc1cccc(N(c2ccc3ccc4c(N(c5cccc(C)c5)c5cccc6c5oc5c(C7CCCCC7)cc7ccccc7c56)ccc5ccc2c3c54)c2cccc3c2oc2c(C4CCCCC4)cc4c(c23)C=CCC4)c1. The summed E-state index contributed by atoms with van der Waals surface area (Å²) in [6.45, 7) is 4.40. The molecule has 4 heteroatoms. The minimum absolute atomic E-state index is 0.487. The summed E-state index contributed by atoms with van der Waals surface area (Å²) in [6.07, 6.45) is 19.5. The molecule has 2 fully saturated rings. The number of allylic oxidation sites excluding steroid dienone is 1. The maximum atomic E-state index is 7.47. The zero-order chi connectivity index (χ0) is 51.6. The first kappa shape index (κ1) is 45.8. The molecular formula is C74H62N2O2. The molecule has 16 rings (SSSR count). The predicted octanol–water partition coefficient (Wildman–Crippen LogP) is 22.1. The summed E-state index contributed by atoms with van der Waals surface area (Å²) in [6, 6.07) is 64.3. The van der Waals surface area contributed by atoms with E-state index in [1.807, 2.05) is 0 Å². The Kier molecular flexibility index (Phi) is 10.7. The molecule has 0 N–H and O–H groups in total.